The lowest BCUT2D eigenvalue weighted by Gasteiger charge is -2.12. The number of hydrogen-bond acceptors (Lipinski definition) is 1. The second kappa shape index (κ2) is 6.31. The fourth-order valence-electron chi connectivity index (χ4n) is 1.47. The van der Waals surface area contributed by atoms with Gasteiger partial charge in [0.2, 0.25) is 0 Å². The van der Waals surface area contributed by atoms with Crippen molar-refractivity contribution in [3.63, 3.8) is 0 Å². The Morgan fingerprint density at radius 2 is 1.68 bits per heavy atom. The Morgan fingerprint density at radius 3 is 2.37 bits per heavy atom. The summed E-state index contributed by atoms with van der Waals surface area (Å²) in [4.78, 5) is 0. The van der Waals surface area contributed by atoms with Gasteiger partial charge in [-0.25, -0.2) is 4.39 Å². The van der Waals surface area contributed by atoms with Crippen LogP contribution in [0.15, 0.2) is 30.3 Å². The lowest BCUT2D eigenvalue weighted by molar-refractivity contribution is 0.471. The van der Waals surface area contributed by atoms with Gasteiger partial charge in [0.1, 0.15) is 17.3 Å². The fourth-order valence-corrected chi connectivity index (χ4v) is 2.58. The first-order valence-corrected chi connectivity index (χ1v) is 7.44. The topological polar surface area (TPSA) is 9.23 Å². The summed E-state index contributed by atoms with van der Waals surface area (Å²) in [7, 11) is 0. The number of halogens is 5. The molecule has 0 amide bonds. The van der Waals surface area contributed by atoms with Gasteiger partial charge >= 0.3 is 0 Å². The summed E-state index contributed by atoms with van der Waals surface area (Å²) in [5.41, 5.74) is 0.407. The number of hydrogen-bond donors (Lipinski definition) is 0. The highest BCUT2D eigenvalue weighted by Crippen LogP contribution is 2.37. The highest BCUT2D eigenvalue weighted by atomic mass is 79.9. The van der Waals surface area contributed by atoms with Crippen LogP contribution in [-0.2, 0) is 5.33 Å². The van der Waals surface area contributed by atoms with Crippen molar-refractivity contribution in [1.29, 1.82) is 0 Å². The molecule has 2 aromatic rings. The summed E-state index contributed by atoms with van der Waals surface area (Å²) >= 11 is 21.0. The highest BCUT2D eigenvalue weighted by molar-refractivity contribution is 9.08. The molecule has 0 spiro atoms. The molecule has 100 valence electrons. The molecule has 0 atom stereocenters. The number of alkyl halides is 1. The Hall–Kier alpha value is -0.480. The Bertz CT molecular complexity index is 619. The van der Waals surface area contributed by atoms with Crippen LogP contribution in [0.5, 0.6) is 11.5 Å². The van der Waals surface area contributed by atoms with Gasteiger partial charge < -0.3 is 4.74 Å². The van der Waals surface area contributed by atoms with Gasteiger partial charge in [0.15, 0.2) is 0 Å². The minimum atomic E-state index is -0.356. The largest absolute Gasteiger partial charge is 0.455 e. The molecule has 0 radical (unpaired) electrons. The van der Waals surface area contributed by atoms with E-state index < -0.39 is 0 Å². The second-order valence-corrected chi connectivity index (χ2v) is 5.43. The molecule has 0 saturated carbocycles. The molecule has 0 aliphatic carbocycles. The summed E-state index contributed by atoms with van der Waals surface area (Å²) in [6, 6.07) is 7.55. The molecule has 0 aliphatic rings. The van der Waals surface area contributed by atoms with Crippen molar-refractivity contribution in [2.24, 2.45) is 0 Å². The Labute approximate surface area is 133 Å². The maximum absolute atomic E-state index is 13.6. The van der Waals surface area contributed by atoms with Crippen molar-refractivity contribution in [3.8, 4) is 11.5 Å². The third kappa shape index (κ3) is 3.34. The van der Waals surface area contributed by atoms with Crippen molar-refractivity contribution in [3.05, 3.63) is 56.8 Å². The van der Waals surface area contributed by atoms with Gasteiger partial charge in [-0.3, -0.25) is 0 Å². The predicted molar refractivity (Wildman–Crippen MR) is 80.6 cm³/mol. The zero-order valence-corrected chi connectivity index (χ0v) is 13.2. The van der Waals surface area contributed by atoms with E-state index in [0.29, 0.717) is 37.5 Å². The van der Waals surface area contributed by atoms with Crippen molar-refractivity contribution >= 4 is 50.7 Å². The van der Waals surface area contributed by atoms with Crippen LogP contribution in [0.3, 0.4) is 0 Å². The van der Waals surface area contributed by atoms with E-state index in [1.54, 1.807) is 12.1 Å². The zero-order valence-electron chi connectivity index (χ0n) is 9.39. The van der Waals surface area contributed by atoms with Crippen LogP contribution in [0.2, 0.25) is 15.1 Å². The number of rotatable bonds is 3. The van der Waals surface area contributed by atoms with Gasteiger partial charge in [-0.15, -0.1) is 0 Å². The summed E-state index contributed by atoms with van der Waals surface area (Å²) in [6.45, 7) is 0. The maximum atomic E-state index is 13.6. The van der Waals surface area contributed by atoms with Crippen LogP contribution < -0.4 is 4.74 Å². The Balaban J connectivity index is 2.42. The van der Waals surface area contributed by atoms with Crippen molar-refractivity contribution in [2.75, 3.05) is 0 Å². The maximum Gasteiger partial charge on any atom is 0.147 e. The Morgan fingerprint density at radius 1 is 1.00 bits per heavy atom. The summed E-state index contributed by atoms with van der Waals surface area (Å²) in [5, 5.41) is 1.28. The summed E-state index contributed by atoms with van der Waals surface area (Å²) in [5.74, 6) is 0.339. The molecule has 0 heterocycles. The zero-order chi connectivity index (χ0) is 14.0. The molecule has 0 fully saturated rings. The normalized spacial score (nSPS) is 10.6. The molecule has 0 N–H and O–H groups in total. The van der Waals surface area contributed by atoms with Gasteiger partial charge in [-0.05, 0) is 18.2 Å². The van der Waals surface area contributed by atoms with E-state index in [-0.39, 0.29) is 5.82 Å². The molecule has 0 unspecified atom stereocenters. The quantitative estimate of drug-likeness (QED) is 0.435. The van der Waals surface area contributed by atoms with E-state index in [1.165, 1.54) is 18.2 Å². The van der Waals surface area contributed by atoms with Crippen LogP contribution >= 0.6 is 50.7 Å². The monoisotopic (exact) mass is 382 g/mol. The van der Waals surface area contributed by atoms with Crippen LogP contribution in [0.4, 0.5) is 4.39 Å². The summed E-state index contributed by atoms with van der Waals surface area (Å²) < 4.78 is 19.2. The molecule has 19 heavy (non-hydrogen) atoms. The Kier molecular flexibility index (Phi) is 4.96. The third-order valence-electron chi connectivity index (χ3n) is 2.40. The SMILES string of the molecule is Fc1cccc(Oc2cc(Cl)c(Cl)cc2Cl)c1CBr. The van der Waals surface area contributed by atoms with Crippen molar-refractivity contribution < 1.29 is 9.13 Å². The first-order chi connectivity index (χ1) is 9.02. The van der Waals surface area contributed by atoms with E-state index in [9.17, 15) is 4.39 Å². The first-order valence-electron chi connectivity index (χ1n) is 5.18. The molecule has 0 aromatic heterocycles. The molecular weight excluding hydrogens is 377 g/mol. The van der Waals surface area contributed by atoms with Gasteiger partial charge in [-0.1, -0.05) is 56.8 Å². The van der Waals surface area contributed by atoms with Gasteiger partial charge in [-0.2, -0.15) is 0 Å². The van der Waals surface area contributed by atoms with Crippen molar-refractivity contribution in [2.45, 2.75) is 5.33 Å². The standard InChI is InChI=1S/C13H7BrCl3FO/c14-6-7-11(18)2-1-3-12(7)19-13-5-9(16)8(15)4-10(13)17/h1-5H,6H2. The minimum Gasteiger partial charge on any atom is -0.455 e. The van der Waals surface area contributed by atoms with Crippen LogP contribution in [0.25, 0.3) is 0 Å². The lowest BCUT2D eigenvalue weighted by atomic mass is 10.2. The van der Waals surface area contributed by atoms with E-state index in [0.717, 1.165) is 0 Å². The van der Waals surface area contributed by atoms with Crippen LogP contribution in [0, 0.1) is 5.82 Å². The number of benzene rings is 2. The molecule has 0 bridgehead atoms. The molecule has 0 saturated heterocycles. The highest BCUT2D eigenvalue weighted by Gasteiger charge is 2.12. The molecule has 1 nitrogen and oxygen atoms in total. The number of ether oxygens (including phenoxy) is 1. The third-order valence-corrected chi connectivity index (χ3v) is 3.98. The second-order valence-electron chi connectivity index (χ2n) is 3.65. The van der Waals surface area contributed by atoms with Crippen molar-refractivity contribution in [1.82, 2.24) is 0 Å². The van der Waals surface area contributed by atoms with Gasteiger partial charge in [0, 0.05) is 17.0 Å². The molecule has 0 aliphatic heterocycles. The van der Waals surface area contributed by atoms with Gasteiger partial charge in [0.05, 0.1) is 15.1 Å². The lowest BCUT2D eigenvalue weighted by Crippen LogP contribution is -1.93. The van der Waals surface area contributed by atoms with E-state index >= 15 is 0 Å². The molecular formula is C13H7BrCl3FO. The van der Waals surface area contributed by atoms with E-state index in [2.05, 4.69) is 15.9 Å². The van der Waals surface area contributed by atoms with Gasteiger partial charge in [0.25, 0.3) is 0 Å². The predicted octanol–water partition coefficient (Wildman–Crippen LogP) is 6.47. The van der Waals surface area contributed by atoms with Crippen LogP contribution in [-0.4, -0.2) is 0 Å². The van der Waals surface area contributed by atoms with E-state index in [1.807, 2.05) is 0 Å². The van der Waals surface area contributed by atoms with Crippen LogP contribution in [0.1, 0.15) is 5.56 Å². The summed E-state index contributed by atoms with van der Waals surface area (Å²) in [6.07, 6.45) is 0. The average Bonchev–Trinajstić information content (AvgIpc) is 2.36. The first kappa shape index (κ1) is 14.9. The molecule has 6 heteroatoms. The molecule has 2 rings (SSSR count). The minimum absolute atomic E-state index is 0.305. The molecule has 2 aromatic carbocycles. The average molecular weight is 384 g/mol. The van der Waals surface area contributed by atoms with E-state index in [4.69, 9.17) is 39.5 Å². The fraction of sp³-hybridized carbons (Fsp3) is 0.0769. The smallest absolute Gasteiger partial charge is 0.147 e.